The number of hydrogen-bond donors (Lipinski definition) is 2. The van der Waals surface area contributed by atoms with Crippen LogP contribution in [-0.2, 0) is 0 Å². The number of hydrogen-bond acceptors (Lipinski definition) is 3. The van der Waals surface area contributed by atoms with Crippen molar-refractivity contribution in [1.82, 2.24) is 0 Å². The minimum Gasteiger partial charge on any atom is -0.497 e. The first-order valence-electron chi connectivity index (χ1n) is 5.28. The monoisotopic (exact) mass is 290 g/mol. The van der Waals surface area contributed by atoms with Gasteiger partial charge in [0.2, 0.25) is 0 Å². The van der Waals surface area contributed by atoms with Gasteiger partial charge in [-0.25, -0.2) is 0 Å². The molecule has 1 aliphatic rings. The minimum absolute atomic E-state index is 0.846. The molecule has 0 saturated carbocycles. The fourth-order valence-electron chi connectivity index (χ4n) is 1.88. The Morgan fingerprint density at radius 1 is 0.882 bits per heavy atom. The lowest BCUT2D eigenvalue weighted by atomic mass is 10.1. The quantitative estimate of drug-likeness (QED) is 0.703. The van der Waals surface area contributed by atoms with Gasteiger partial charge in [-0.15, -0.1) is 0 Å². The molecule has 0 atom stereocenters. The molecule has 0 bridgehead atoms. The first-order valence-corrected chi connectivity index (χ1v) is 6.07. The summed E-state index contributed by atoms with van der Waals surface area (Å²) in [5, 5.41) is 6.76. The number of ether oxygens (including phenoxy) is 1. The second-order valence-electron chi connectivity index (χ2n) is 3.85. The Hall–Kier alpha value is -1.68. The molecule has 0 amide bonds. The summed E-state index contributed by atoms with van der Waals surface area (Å²) < 4.78 is 6.27. The number of anilines is 4. The van der Waals surface area contributed by atoms with Crippen LogP contribution >= 0.6 is 15.9 Å². The zero-order valence-electron chi connectivity index (χ0n) is 9.25. The van der Waals surface area contributed by atoms with Gasteiger partial charge < -0.3 is 15.4 Å². The lowest BCUT2D eigenvalue weighted by Crippen LogP contribution is -2.06. The maximum atomic E-state index is 5.21. The van der Waals surface area contributed by atoms with Crippen molar-refractivity contribution in [3.63, 3.8) is 0 Å². The van der Waals surface area contributed by atoms with Crippen molar-refractivity contribution in [3.05, 3.63) is 40.9 Å². The van der Waals surface area contributed by atoms with Crippen LogP contribution in [0.3, 0.4) is 0 Å². The van der Waals surface area contributed by atoms with Gasteiger partial charge in [0.25, 0.3) is 0 Å². The highest BCUT2D eigenvalue weighted by atomic mass is 79.9. The molecule has 0 radical (unpaired) electrons. The van der Waals surface area contributed by atoms with E-state index in [0.717, 1.165) is 33.0 Å². The molecule has 86 valence electrons. The smallest absolute Gasteiger partial charge is 0.121 e. The van der Waals surface area contributed by atoms with Crippen LogP contribution in [0.5, 0.6) is 5.75 Å². The SMILES string of the molecule is COc1ccc2c(c1)Nc1ccc(Br)cc1N2. The lowest BCUT2D eigenvalue weighted by Gasteiger charge is -2.23. The van der Waals surface area contributed by atoms with Gasteiger partial charge in [-0.3, -0.25) is 0 Å². The summed E-state index contributed by atoms with van der Waals surface area (Å²) in [4.78, 5) is 0. The number of fused-ring (bicyclic) bond motifs is 2. The molecule has 17 heavy (non-hydrogen) atoms. The third kappa shape index (κ3) is 1.85. The Labute approximate surface area is 108 Å². The van der Waals surface area contributed by atoms with Gasteiger partial charge in [0.15, 0.2) is 0 Å². The summed E-state index contributed by atoms with van der Waals surface area (Å²) in [6.45, 7) is 0. The summed E-state index contributed by atoms with van der Waals surface area (Å²) >= 11 is 3.47. The fourth-order valence-corrected chi connectivity index (χ4v) is 2.24. The van der Waals surface area contributed by atoms with Gasteiger partial charge in [-0.1, -0.05) is 15.9 Å². The van der Waals surface area contributed by atoms with Gasteiger partial charge in [-0.2, -0.15) is 0 Å². The normalized spacial score (nSPS) is 11.9. The molecular weight excluding hydrogens is 280 g/mol. The standard InChI is InChI=1S/C13H11BrN2O/c1-17-9-3-5-11-13(7-9)16-10-4-2-8(14)6-12(10)15-11/h2-7,15-16H,1H3. The van der Waals surface area contributed by atoms with Crippen LogP contribution in [0.2, 0.25) is 0 Å². The molecule has 0 aromatic heterocycles. The van der Waals surface area contributed by atoms with E-state index >= 15 is 0 Å². The number of rotatable bonds is 1. The minimum atomic E-state index is 0.846. The molecule has 2 N–H and O–H groups in total. The molecule has 1 heterocycles. The Morgan fingerprint density at radius 3 is 2.24 bits per heavy atom. The van der Waals surface area contributed by atoms with E-state index in [9.17, 15) is 0 Å². The molecule has 2 aromatic carbocycles. The van der Waals surface area contributed by atoms with E-state index in [1.807, 2.05) is 30.3 Å². The first kappa shape index (κ1) is 10.5. The highest BCUT2D eigenvalue weighted by Gasteiger charge is 2.14. The van der Waals surface area contributed by atoms with E-state index in [2.05, 4.69) is 32.6 Å². The van der Waals surface area contributed by atoms with E-state index in [0.29, 0.717) is 0 Å². The van der Waals surface area contributed by atoms with Gasteiger partial charge in [0.05, 0.1) is 29.9 Å². The molecule has 3 nitrogen and oxygen atoms in total. The Balaban J connectivity index is 2.04. The topological polar surface area (TPSA) is 33.3 Å². The van der Waals surface area contributed by atoms with Gasteiger partial charge in [-0.05, 0) is 30.3 Å². The van der Waals surface area contributed by atoms with Crippen LogP contribution in [0.15, 0.2) is 40.9 Å². The number of benzene rings is 2. The molecule has 1 aliphatic heterocycles. The Kier molecular flexibility index (Phi) is 2.44. The second-order valence-corrected chi connectivity index (χ2v) is 4.77. The molecule has 0 saturated heterocycles. The van der Waals surface area contributed by atoms with Crippen molar-refractivity contribution >= 4 is 38.7 Å². The molecule has 2 aromatic rings. The van der Waals surface area contributed by atoms with Gasteiger partial charge in [0.1, 0.15) is 5.75 Å². The van der Waals surface area contributed by atoms with Crippen LogP contribution < -0.4 is 15.4 Å². The van der Waals surface area contributed by atoms with Crippen LogP contribution in [0.1, 0.15) is 0 Å². The first-order chi connectivity index (χ1) is 8.26. The van der Waals surface area contributed by atoms with E-state index in [1.165, 1.54) is 0 Å². The zero-order valence-corrected chi connectivity index (χ0v) is 10.8. The lowest BCUT2D eigenvalue weighted by molar-refractivity contribution is 0.415. The van der Waals surface area contributed by atoms with Crippen LogP contribution in [0, 0.1) is 0 Å². The van der Waals surface area contributed by atoms with Crippen molar-refractivity contribution in [2.24, 2.45) is 0 Å². The summed E-state index contributed by atoms with van der Waals surface area (Å²) in [5.74, 6) is 0.846. The Morgan fingerprint density at radius 2 is 1.53 bits per heavy atom. The zero-order chi connectivity index (χ0) is 11.8. The second kappa shape index (κ2) is 3.96. The van der Waals surface area contributed by atoms with Crippen molar-refractivity contribution in [1.29, 1.82) is 0 Å². The molecule has 0 spiro atoms. The molecular formula is C13H11BrN2O. The average Bonchev–Trinajstić information content (AvgIpc) is 2.35. The molecule has 0 unspecified atom stereocenters. The molecule has 3 rings (SSSR count). The van der Waals surface area contributed by atoms with Crippen molar-refractivity contribution in [2.45, 2.75) is 0 Å². The summed E-state index contributed by atoms with van der Waals surface area (Å²) in [6, 6.07) is 12.0. The van der Waals surface area contributed by atoms with E-state index in [-0.39, 0.29) is 0 Å². The van der Waals surface area contributed by atoms with Gasteiger partial charge >= 0.3 is 0 Å². The Bertz CT molecular complexity index is 584. The molecule has 0 fully saturated rings. The molecule has 4 heteroatoms. The molecule has 0 aliphatic carbocycles. The van der Waals surface area contributed by atoms with Crippen molar-refractivity contribution in [2.75, 3.05) is 17.7 Å². The fraction of sp³-hybridized carbons (Fsp3) is 0.0769. The largest absolute Gasteiger partial charge is 0.497 e. The number of halogens is 1. The maximum Gasteiger partial charge on any atom is 0.121 e. The van der Waals surface area contributed by atoms with Crippen LogP contribution in [0.25, 0.3) is 0 Å². The van der Waals surface area contributed by atoms with Crippen molar-refractivity contribution < 1.29 is 4.74 Å². The van der Waals surface area contributed by atoms with E-state index in [4.69, 9.17) is 4.74 Å². The highest BCUT2D eigenvalue weighted by Crippen LogP contribution is 2.40. The van der Waals surface area contributed by atoms with Gasteiger partial charge in [0, 0.05) is 10.5 Å². The van der Waals surface area contributed by atoms with Crippen LogP contribution in [-0.4, -0.2) is 7.11 Å². The summed E-state index contributed by atoms with van der Waals surface area (Å²) in [7, 11) is 1.67. The predicted octanol–water partition coefficient (Wildman–Crippen LogP) is 4.26. The van der Waals surface area contributed by atoms with E-state index < -0.39 is 0 Å². The van der Waals surface area contributed by atoms with Crippen molar-refractivity contribution in [3.8, 4) is 5.75 Å². The maximum absolute atomic E-state index is 5.21. The number of nitrogens with one attached hydrogen (secondary N) is 2. The third-order valence-corrected chi connectivity index (χ3v) is 3.24. The average molecular weight is 291 g/mol. The predicted molar refractivity (Wildman–Crippen MR) is 73.7 cm³/mol. The third-order valence-electron chi connectivity index (χ3n) is 2.75. The van der Waals surface area contributed by atoms with E-state index in [1.54, 1.807) is 7.11 Å². The number of methoxy groups -OCH3 is 1. The summed E-state index contributed by atoms with van der Waals surface area (Å²) in [5.41, 5.74) is 4.21. The van der Waals surface area contributed by atoms with Crippen LogP contribution in [0.4, 0.5) is 22.7 Å². The summed E-state index contributed by atoms with van der Waals surface area (Å²) in [6.07, 6.45) is 0. The highest BCUT2D eigenvalue weighted by molar-refractivity contribution is 9.10.